The largest absolute Gasteiger partial charge is 1.00 e. The number of carbonyl (C=O) groups is 5. The maximum Gasteiger partial charge on any atom is 1.00 e. The minimum absolute atomic E-state index is 0. The molecule has 0 spiro atoms. The van der Waals surface area contributed by atoms with Crippen LogP contribution in [0.1, 0.15) is 78.8 Å². The van der Waals surface area contributed by atoms with E-state index in [9.17, 15) is 36.0 Å². The smallest absolute Gasteiger partial charge is 1.00 e. The molecule has 0 unspecified atom stereocenters. The van der Waals surface area contributed by atoms with Crippen LogP contribution in [0.15, 0.2) is 131 Å². The normalized spacial score (nSPS) is 11.2. The number of alkyl halides is 1. The Morgan fingerprint density at radius 3 is 1.31 bits per heavy atom. The molecule has 0 aromatic heterocycles. The van der Waals surface area contributed by atoms with Crippen LogP contribution in [0.2, 0.25) is 0 Å². The van der Waals surface area contributed by atoms with Gasteiger partial charge >= 0.3 is 127 Å². The van der Waals surface area contributed by atoms with Gasteiger partial charge < -0.3 is 40.3 Å². The summed E-state index contributed by atoms with van der Waals surface area (Å²) in [5, 5.41) is 11.6. The number of hydrogen-bond donors (Lipinski definition) is 1. The molecule has 0 amide bonds. The maximum atomic E-state index is 13.9. The van der Waals surface area contributed by atoms with E-state index in [-0.39, 0.29) is 188 Å². The van der Waals surface area contributed by atoms with E-state index in [1.165, 1.54) is 28.4 Å². The third-order valence-corrected chi connectivity index (χ3v) is 16.4. The summed E-state index contributed by atoms with van der Waals surface area (Å²) in [5.41, 5.74) is 4.39. The number of carbonyl (C=O) groups excluding carboxylic acids is 5. The van der Waals surface area contributed by atoms with E-state index in [0.29, 0.717) is 28.1 Å². The Labute approximate surface area is 594 Å². The first-order chi connectivity index (χ1) is 39.4. The van der Waals surface area contributed by atoms with Crippen LogP contribution in [0.4, 0.5) is 22.7 Å². The van der Waals surface area contributed by atoms with Crippen molar-refractivity contribution in [2.75, 3.05) is 72.2 Å². The van der Waals surface area contributed by atoms with Crippen molar-refractivity contribution in [2.45, 2.75) is 88.1 Å². The van der Waals surface area contributed by atoms with E-state index in [1.807, 2.05) is 92.1 Å². The van der Waals surface area contributed by atoms with Crippen LogP contribution in [-0.4, -0.2) is 113 Å². The molecule has 0 aliphatic heterocycles. The summed E-state index contributed by atoms with van der Waals surface area (Å²) in [6.07, 6.45) is 11.6. The number of halogens is 1. The summed E-state index contributed by atoms with van der Waals surface area (Å²) in [5.74, 6) is 4.20. The summed E-state index contributed by atoms with van der Waals surface area (Å²) < 4.78 is 76.6. The fourth-order valence-electron chi connectivity index (χ4n) is 8.30. The summed E-state index contributed by atoms with van der Waals surface area (Å²) in [6.45, 7) is 11.7. The Hall–Kier alpha value is -4.88. The Balaban J connectivity index is 0.00000141. The number of terminal acetylenes is 2. The van der Waals surface area contributed by atoms with Crippen molar-refractivity contribution in [2.24, 2.45) is 0 Å². The Morgan fingerprint density at radius 2 is 0.941 bits per heavy atom. The van der Waals surface area contributed by atoms with Crippen molar-refractivity contribution >= 4 is 111 Å². The number of nitrogens with zero attached hydrogens (tertiary/aromatic N) is 3. The average molecular weight is 1320 g/mol. The van der Waals surface area contributed by atoms with Crippen molar-refractivity contribution in [3.8, 4) is 24.7 Å². The molecule has 24 heteroatoms. The third-order valence-electron chi connectivity index (χ3n) is 12.7. The second kappa shape index (κ2) is 39.1. The average Bonchev–Trinajstić information content (AvgIpc) is 0.984. The first kappa shape index (κ1) is 78.1. The van der Waals surface area contributed by atoms with Gasteiger partial charge in [-0.1, -0.05) is 128 Å². The quantitative estimate of drug-likeness (QED) is 0.0150. The van der Waals surface area contributed by atoms with Crippen LogP contribution in [0, 0.1) is 24.7 Å². The van der Waals surface area contributed by atoms with Gasteiger partial charge in [-0.15, -0.1) is 12.8 Å². The number of rotatable bonds is 22. The van der Waals surface area contributed by atoms with Gasteiger partial charge in [0.05, 0.1) is 75.5 Å². The number of esters is 4. The van der Waals surface area contributed by atoms with E-state index in [1.54, 1.807) is 66.7 Å². The number of sulfonamides is 2. The van der Waals surface area contributed by atoms with Gasteiger partial charge in [0.2, 0.25) is 0 Å². The molecule has 2 atom stereocenters. The first-order valence-corrected chi connectivity index (χ1v) is 29.7. The second-order valence-corrected chi connectivity index (χ2v) is 22.9. The van der Waals surface area contributed by atoms with E-state index in [0.717, 1.165) is 37.6 Å². The summed E-state index contributed by atoms with van der Waals surface area (Å²) in [6, 6.07) is 34.8. The summed E-state index contributed by atoms with van der Waals surface area (Å²) in [7, 11) is -2.68. The molecule has 0 fully saturated rings. The molecule has 19 nitrogen and oxygen atoms in total. The van der Waals surface area contributed by atoms with Crippen LogP contribution in [0.5, 0.6) is 0 Å². The second-order valence-electron chi connectivity index (χ2n) is 18.8. The molecule has 0 saturated carbocycles. The fourth-order valence-corrected chi connectivity index (χ4v) is 11.0. The number of methoxy groups -OCH3 is 4. The third kappa shape index (κ3) is 23.0. The molecule has 6 rings (SSSR count). The Morgan fingerprint density at radius 1 is 0.576 bits per heavy atom. The topological polar surface area (TPSA) is 245 Å². The zero-order valence-electron chi connectivity index (χ0n) is 51.0. The van der Waals surface area contributed by atoms with E-state index < -0.39 is 32.6 Å². The van der Waals surface area contributed by atoms with Gasteiger partial charge in [-0.25, -0.2) is 16.8 Å². The SMILES string of the molecule is C#CCN(c1ccc(N(CC(=O)OC)S(=O)(=O)c2ccc(C(C)C)cc2)c2ccccc12)[C@@H](C)CC(=O)OC.C#CCN(c1ccc(NS(=O)(=O)c2ccc(C(C)C)cc2)c2ccccc12)[C@@H](C)CC(=O)OC.COC(=O)CBr.O=CO[O-].[H-].[K+].[K+]. The van der Waals surface area contributed by atoms with Gasteiger partial charge in [-0.3, -0.25) is 33.0 Å². The van der Waals surface area contributed by atoms with Crippen molar-refractivity contribution in [3.05, 3.63) is 132 Å². The molecule has 6 aromatic carbocycles. The van der Waals surface area contributed by atoms with Gasteiger partial charge in [0.15, 0.2) is 0 Å². The molecular formula is C61H71BrK2N4O15S2. The number of benzene rings is 6. The van der Waals surface area contributed by atoms with Crippen molar-refractivity contribution in [1.82, 2.24) is 0 Å². The molecule has 0 radical (unpaired) electrons. The molecule has 85 heavy (non-hydrogen) atoms. The van der Waals surface area contributed by atoms with Gasteiger partial charge in [0, 0.05) is 45.0 Å². The van der Waals surface area contributed by atoms with Crippen molar-refractivity contribution in [1.29, 1.82) is 0 Å². The van der Waals surface area contributed by atoms with Crippen LogP contribution >= 0.6 is 15.9 Å². The van der Waals surface area contributed by atoms with Gasteiger partial charge in [0.1, 0.15) is 11.9 Å². The van der Waals surface area contributed by atoms with E-state index in [2.05, 4.69) is 56.0 Å². The van der Waals surface area contributed by atoms with Gasteiger partial charge in [-0.05, 0) is 85.3 Å². The molecule has 0 aliphatic rings. The van der Waals surface area contributed by atoms with E-state index >= 15 is 0 Å². The molecule has 0 aliphatic carbocycles. The maximum absolute atomic E-state index is 13.9. The predicted octanol–water partition coefficient (Wildman–Crippen LogP) is 2.99. The van der Waals surface area contributed by atoms with E-state index in [4.69, 9.17) is 37.1 Å². The van der Waals surface area contributed by atoms with Crippen molar-refractivity contribution in [3.63, 3.8) is 0 Å². The molecule has 0 saturated heterocycles. The fraction of sp³-hybridized carbons (Fsp3) is 0.328. The van der Waals surface area contributed by atoms with Crippen molar-refractivity contribution < 1.29 is 174 Å². The molecule has 1 N–H and O–H groups in total. The monoisotopic (exact) mass is 1320 g/mol. The number of nitrogens with one attached hydrogen (secondary N) is 1. The number of fused-ring (bicyclic) bond motifs is 2. The zero-order chi connectivity index (χ0) is 62.0. The first-order valence-electron chi connectivity index (χ1n) is 25.7. The van der Waals surface area contributed by atoms with Crippen LogP contribution in [0.25, 0.3) is 21.5 Å². The molecule has 446 valence electrons. The molecular weight excluding hydrogens is 1250 g/mol. The standard InChI is InChI=1S/C30H34N2O6S.C27H30N2O4S.C3H5BrO2.CH2O3.2K.H/c1-7-18-31(22(4)19-29(33)37-5)27-16-17-28(26-11-9-8-10-25(26)27)32(20-30(34)38-6)39(35,36)24-14-12-23(13-15-24)21(2)3;1-6-17-29(20(4)18-27(30)33-5)26-16-15-25(23-9-7-8-10-24(23)26)28-34(31,32)22-13-11-21(12-14-22)19(2)3;1-6-3(5)2-4;2-1-4-3;;;/h1,8-17,21-22H,18-20H2,2-6H3;1,7-16,19-20,28H,17-18H2,2-5H3;2H2,1H3;1,3H;;;/q;;;;2*+1;-1/p-1/t22-;20-;;;;;/m00...../s1. The van der Waals surface area contributed by atoms with Gasteiger partial charge in [-0.2, -0.15) is 0 Å². The van der Waals surface area contributed by atoms with Crippen LogP contribution in [0.3, 0.4) is 0 Å². The predicted molar refractivity (Wildman–Crippen MR) is 325 cm³/mol. The molecule has 0 heterocycles. The minimum atomic E-state index is -4.15. The number of hydrogen-bond acceptors (Lipinski definition) is 17. The Kier molecular flexibility index (Phi) is 35.9. The summed E-state index contributed by atoms with van der Waals surface area (Å²) >= 11 is 2.90. The summed E-state index contributed by atoms with van der Waals surface area (Å²) in [4.78, 5) is 61.5. The van der Waals surface area contributed by atoms with Gasteiger partial charge in [0.25, 0.3) is 26.5 Å². The van der Waals surface area contributed by atoms with Crippen LogP contribution in [-0.2, 0) is 67.9 Å². The number of ether oxygens (including phenoxy) is 4. The number of anilines is 4. The Bertz CT molecular complexity index is 3470. The zero-order valence-corrected chi connectivity index (χ0v) is 59.5. The molecule has 6 aromatic rings. The minimum Gasteiger partial charge on any atom is -1.00 e. The molecule has 0 bridgehead atoms. The van der Waals surface area contributed by atoms with Crippen LogP contribution < -0.4 is 127 Å².